The summed E-state index contributed by atoms with van der Waals surface area (Å²) in [5, 5.41) is 0.956. The number of aromatic nitrogens is 2. The van der Waals surface area contributed by atoms with Crippen molar-refractivity contribution in [1.29, 1.82) is 0 Å². The molecular weight excluding hydrogens is 550 g/mol. The number of aryl methyl sites for hydroxylation is 1. The zero-order valence-corrected chi connectivity index (χ0v) is 23.9. The van der Waals surface area contributed by atoms with Crippen LogP contribution in [0.2, 0.25) is 25.7 Å². The number of pyridine rings is 1. The lowest BCUT2D eigenvalue weighted by Gasteiger charge is -2.21. The normalized spacial score (nSPS) is 18.9. The third kappa shape index (κ3) is 6.72. The second-order valence-corrected chi connectivity index (χ2v) is 18.2. The van der Waals surface area contributed by atoms with E-state index in [-0.39, 0.29) is 18.1 Å². The fourth-order valence-electron chi connectivity index (χ4n) is 3.69. The maximum absolute atomic E-state index is 12.9. The van der Waals surface area contributed by atoms with Gasteiger partial charge in [0.05, 0.1) is 28.6 Å². The van der Waals surface area contributed by atoms with Gasteiger partial charge in [-0.2, -0.15) is 4.98 Å². The van der Waals surface area contributed by atoms with Crippen LogP contribution in [-0.4, -0.2) is 58.0 Å². The minimum Gasteiger partial charge on any atom is -0.469 e. The average molecular weight is 583 g/mol. The molecule has 0 saturated carbocycles. The van der Waals surface area contributed by atoms with Crippen LogP contribution in [0.25, 0.3) is 11.0 Å². The van der Waals surface area contributed by atoms with Crippen LogP contribution >= 0.6 is 15.9 Å². The number of ether oxygens (including phenoxy) is 3. The predicted molar refractivity (Wildman–Crippen MR) is 142 cm³/mol. The molecule has 0 amide bonds. The first-order chi connectivity index (χ1) is 16.5. The Kier molecular flexibility index (Phi) is 8.04. The zero-order chi connectivity index (χ0) is 25.2. The molecule has 8 nitrogen and oxygen atoms in total. The van der Waals surface area contributed by atoms with E-state index in [9.17, 15) is 8.42 Å². The zero-order valence-electron chi connectivity index (χ0n) is 20.5. The summed E-state index contributed by atoms with van der Waals surface area (Å²) in [4.78, 5) is 4.92. The van der Waals surface area contributed by atoms with Gasteiger partial charge in [0, 0.05) is 26.3 Å². The molecular formula is C24H32BrN3O5SSi. The number of nitrogens with zero attached hydrogens (tertiary/aromatic N) is 2. The summed E-state index contributed by atoms with van der Waals surface area (Å²) < 4.78 is 48.7. The average Bonchev–Trinajstić information content (AvgIpc) is 3.37. The van der Waals surface area contributed by atoms with E-state index in [1.165, 1.54) is 0 Å². The number of fused-ring (bicyclic) bond motifs is 1. The van der Waals surface area contributed by atoms with E-state index in [2.05, 4.69) is 40.3 Å². The molecule has 35 heavy (non-hydrogen) atoms. The summed E-state index contributed by atoms with van der Waals surface area (Å²) in [6.45, 7) is 10.5. The Balaban J connectivity index is 1.47. The highest BCUT2D eigenvalue weighted by molar-refractivity contribution is 9.10. The van der Waals surface area contributed by atoms with Crippen LogP contribution in [0.5, 0.6) is 5.88 Å². The summed E-state index contributed by atoms with van der Waals surface area (Å²) in [7, 11) is -4.87. The van der Waals surface area contributed by atoms with Crippen molar-refractivity contribution in [3.63, 3.8) is 0 Å². The molecule has 0 bridgehead atoms. The fraction of sp³-hybridized carbons (Fsp3) is 0.458. The number of halogens is 1. The summed E-state index contributed by atoms with van der Waals surface area (Å²) in [6.07, 6.45) is 1.42. The van der Waals surface area contributed by atoms with Gasteiger partial charge in [0.2, 0.25) is 15.9 Å². The Bertz CT molecular complexity index is 1270. The van der Waals surface area contributed by atoms with Crippen molar-refractivity contribution in [1.82, 2.24) is 14.3 Å². The Morgan fingerprint density at radius 3 is 2.66 bits per heavy atom. The van der Waals surface area contributed by atoms with Gasteiger partial charge in [-0.25, -0.2) is 13.1 Å². The molecule has 0 aliphatic carbocycles. The Labute approximate surface area is 216 Å². The number of rotatable bonds is 10. The van der Waals surface area contributed by atoms with Gasteiger partial charge in [-0.05, 0) is 53.2 Å². The topological polar surface area (TPSA) is 91.7 Å². The molecule has 2 atom stereocenters. The van der Waals surface area contributed by atoms with E-state index in [1.807, 2.05) is 29.8 Å². The van der Waals surface area contributed by atoms with Crippen LogP contribution in [0.4, 0.5) is 0 Å². The van der Waals surface area contributed by atoms with Gasteiger partial charge in [-0.1, -0.05) is 37.3 Å². The molecule has 0 unspecified atom stereocenters. The molecule has 4 rings (SSSR count). The maximum Gasteiger partial charge on any atom is 0.241 e. The van der Waals surface area contributed by atoms with Crippen LogP contribution in [0.15, 0.2) is 52.0 Å². The van der Waals surface area contributed by atoms with Crippen molar-refractivity contribution in [3.8, 4) is 5.88 Å². The third-order valence-electron chi connectivity index (χ3n) is 5.81. The molecule has 1 aromatic carbocycles. The van der Waals surface area contributed by atoms with Crippen LogP contribution in [0.1, 0.15) is 5.56 Å². The van der Waals surface area contributed by atoms with Gasteiger partial charge in [0.15, 0.2) is 0 Å². The molecule has 1 N–H and O–H groups in total. The van der Waals surface area contributed by atoms with Crippen LogP contribution in [0, 0.1) is 6.92 Å². The Morgan fingerprint density at radius 2 is 1.94 bits per heavy atom. The number of nitrogens with one attached hydrogen (secondary N) is 1. The lowest BCUT2D eigenvalue weighted by atomic mass is 10.2. The van der Waals surface area contributed by atoms with E-state index >= 15 is 0 Å². The van der Waals surface area contributed by atoms with Crippen LogP contribution in [-0.2, 0) is 26.2 Å². The molecule has 3 heterocycles. The smallest absolute Gasteiger partial charge is 0.241 e. The lowest BCUT2D eigenvalue weighted by molar-refractivity contribution is 0.0897. The van der Waals surface area contributed by atoms with Gasteiger partial charge >= 0.3 is 0 Å². The van der Waals surface area contributed by atoms with Crippen molar-refractivity contribution < 1.29 is 22.6 Å². The van der Waals surface area contributed by atoms with Crippen LogP contribution < -0.4 is 9.46 Å². The standard InChI is InChI=1S/C24H32BrN3O5SSi/c1-17-5-7-19(8-6-17)34(29,30)27-21-14-32-15-22(21)33-24-20(25)13-18-9-10-28(23(18)26-24)16-31-11-12-35(2,3)4/h5-10,13,21-22,27H,11-12,14-16H2,1-4H3/t21-,22-/m0/s1. The van der Waals surface area contributed by atoms with Gasteiger partial charge in [-0.3, -0.25) is 0 Å². The minimum absolute atomic E-state index is 0.210. The largest absolute Gasteiger partial charge is 0.469 e. The van der Waals surface area contributed by atoms with Gasteiger partial charge < -0.3 is 18.8 Å². The molecule has 1 saturated heterocycles. The minimum atomic E-state index is -3.71. The van der Waals surface area contributed by atoms with Crippen molar-refractivity contribution in [2.24, 2.45) is 0 Å². The summed E-state index contributed by atoms with van der Waals surface area (Å²) in [5.41, 5.74) is 1.73. The number of hydrogen-bond donors (Lipinski definition) is 1. The molecule has 0 spiro atoms. The number of hydrogen-bond acceptors (Lipinski definition) is 6. The highest BCUT2D eigenvalue weighted by Crippen LogP contribution is 2.30. The molecule has 0 radical (unpaired) electrons. The van der Waals surface area contributed by atoms with E-state index in [0.717, 1.165) is 29.2 Å². The van der Waals surface area contributed by atoms with Gasteiger partial charge in [-0.15, -0.1) is 0 Å². The van der Waals surface area contributed by atoms with E-state index < -0.39 is 30.2 Å². The third-order valence-corrected chi connectivity index (χ3v) is 9.59. The van der Waals surface area contributed by atoms with Crippen molar-refractivity contribution >= 4 is 45.1 Å². The SMILES string of the molecule is Cc1ccc(S(=O)(=O)N[C@H]2COC[C@@H]2Oc2nc3c(ccn3COCC[Si](C)(C)C)cc2Br)cc1. The quantitative estimate of drug-likeness (QED) is 0.279. The molecule has 1 aliphatic rings. The molecule has 1 aliphatic heterocycles. The predicted octanol–water partition coefficient (Wildman–Crippen LogP) is 4.54. The Hall–Kier alpha value is -1.76. The first kappa shape index (κ1) is 26.3. The second kappa shape index (κ2) is 10.7. The maximum atomic E-state index is 12.9. The lowest BCUT2D eigenvalue weighted by Crippen LogP contribution is -2.45. The van der Waals surface area contributed by atoms with E-state index in [4.69, 9.17) is 19.2 Å². The highest BCUT2D eigenvalue weighted by Gasteiger charge is 2.34. The monoisotopic (exact) mass is 581 g/mol. The molecule has 190 valence electrons. The molecule has 2 aromatic heterocycles. The second-order valence-electron chi connectivity index (χ2n) is 10.1. The highest BCUT2D eigenvalue weighted by atomic mass is 79.9. The molecule has 11 heteroatoms. The first-order valence-corrected chi connectivity index (χ1v) is 17.6. The fourth-order valence-corrected chi connectivity index (χ4v) is 6.12. The number of sulfonamides is 1. The van der Waals surface area contributed by atoms with Gasteiger partial charge in [0.25, 0.3) is 0 Å². The summed E-state index contributed by atoms with van der Waals surface area (Å²) >= 11 is 3.54. The summed E-state index contributed by atoms with van der Waals surface area (Å²) in [5.74, 6) is 0.384. The van der Waals surface area contributed by atoms with E-state index in [1.54, 1.807) is 24.3 Å². The summed E-state index contributed by atoms with van der Waals surface area (Å²) in [6, 6.07) is 11.2. The number of benzene rings is 1. The molecule has 3 aromatic rings. The first-order valence-electron chi connectivity index (χ1n) is 11.6. The Morgan fingerprint density at radius 1 is 1.20 bits per heavy atom. The van der Waals surface area contributed by atoms with Crippen molar-refractivity contribution in [2.75, 3.05) is 19.8 Å². The van der Waals surface area contributed by atoms with Crippen molar-refractivity contribution in [3.05, 3.63) is 52.6 Å². The van der Waals surface area contributed by atoms with E-state index in [0.29, 0.717) is 17.1 Å². The van der Waals surface area contributed by atoms with Crippen molar-refractivity contribution in [2.45, 2.75) is 56.4 Å². The molecule has 1 fully saturated rings. The van der Waals surface area contributed by atoms with Crippen LogP contribution in [0.3, 0.4) is 0 Å². The van der Waals surface area contributed by atoms with Gasteiger partial charge in [0.1, 0.15) is 18.5 Å².